The molecule has 0 bridgehead atoms. The van der Waals surface area contributed by atoms with Gasteiger partial charge in [0.1, 0.15) is 17.6 Å². The number of aliphatic hydroxyl groups is 1. The van der Waals surface area contributed by atoms with Gasteiger partial charge in [-0.05, 0) is 85.3 Å². The van der Waals surface area contributed by atoms with Crippen LogP contribution < -0.4 is 19.1 Å². The van der Waals surface area contributed by atoms with Crippen LogP contribution in [0.5, 0.6) is 17.2 Å². The summed E-state index contributed by atoms with van der Waals surface area (Å²) in [6, 6.07) is 15.6. The number of aryl methyl sites for hydroxylation is 1. The number of fused-ring (bicyclic) bond motifs is 2. The molecule has 4 aromatic rings. The van der Waals surface area contributed by atoms with Gasteiger partial charge in [0, 0.05) is 12.0 Å². The fourth-order valence-corrected chi connectivity index (χ4v) is 6.66. The highest BCUT2D eigenvalue weighted by molar-refractivity contribution is 7.22. The Kier molecular flexibility index (Phi) is 7.60. The Labute approximate surface area is 254 Å². The summed E-state index contributed by atoms with van der Waals surface area (Å²) in [5.41, 5.74) is 3.75. The number of ether oxygens (including phenoxy) is 3. The highest BCUT2D eigenvalue weighted by atomic mass is 32.1. The van der Waals surface area contributed by atoms with Crippen molar-refractivity contribution in [2.75, 3.05) is 18.6 Å². The van der Waals surface area contributed by atoms with Crippen molar-refractivity contribution in [2.45, 2.75) is 52.7 Å². The number of aliphatic hydroxyl groups excluding tert-OH is 1. The molecule has 3 aromatic carbocycles. The number of anilines is 1. The van der Waals surface area contributed by atoms with Gasteiger partial charge in [0.2, 0.25) is 0 Å². The molecule has 43 heavy (non-hydrogen) atoms. The average Bonchev–Trinajstić information content (AvgIpc) is 3.64. The smallest absolute Gasteiger partial charge is 0.301 e. The molecule has 0 aliphatic carbocycles. The molecule has 0 spiro atoms. The molecule has 3 heterocycles. The Hall–Kier alpha value is -4.37. The number of carbonyl (C=O) groups is 2. The number of hydrogen-bond donors (Lipinski definition) is 1. The number of thiazole rings is 1. The minimum Gasteiger partial charge on any atom is -0.507 e. The van der Waals surface area contributed by atoms with Crippen LogP contribution in [0.2, 0.25) is 0 Å². The molecule has 0 saturated carbocycles. The maximum absolute atomic E-state index is 13.8. The van der Waals surface area contributed by atoms with Crippen LogP contribution in [0.4, 0.5) is 5.13 Å². The van der Waals surface area contributed by atoms with Crippen molar-refractivity contribution in [1.29, 1.82) is 0 Å². The van der Waals surface area contributed by atoms with E-state index >= 15 is 0 Å². The molecule has 2 aliphatic heterocycles. The molecule has 1 fully saturated rings. The summed E-state index contributed by atoms with van der Waals surface area (Å²) in [6.07, 6.45) is 1.59. The lowest BCUT2D eigenvalue weighted by Gasteiger charge is -2.24. The quantitative estimate of drug-likeness (QED) is 0.133. The SMILES string of the molecule is COc1cc([C@@H]2/C(=C(\O)c3ccc4c(c3)C[C@@H](C)O4)C(=O)C(=O)N2c2nc3ccc(C)cc3s2)ccc1OCCC(C)C. The van der Waals surface area contributed by atoms with Gasteiger partial charge in [0.05, 0.1) is 35.5 Å². The van der Waals surface area contributed by atoms with Crippen molar-refractivity contribution in [3.05, 3.63) is 82.4 Å². The van der Waals surface area contributed by atoms with Gasteiger partial charge in [0.15, 0.2) is 16.6 Å². The molecule has 1 N–H and O–H groups in total. The van der Waals surface area contributed by atoms with E-state index in [9.17, 15) is 14.7 Å². The predicted molar refractivity (Wildman–Crippen MR) is 167 cm³/mol. The van der Waals surface area contributed by atoms with Crippen LogP contribution in [-0.4, -0.2) is 41.6 Å². The predicted octanol–water partition coefficient (Wildman–Crippen LogP) is 6.99. The lowest BCUT2D eigenvalue weighted by atomic mass is 9.94. The average molecular weight is 599 g/mol. The minimum atomic E-state index is -0.941. The molecule has 2 aliphatic rings. The Morgan fingerprint density at radius 3 is 2.70 bits per heavy atom. The van der Waals surface area contributed by atoms with Crippen LogP contribution in [0.15, 0.2) is 60.2 Å². The lowest BCUT2D eigenvalue weighted by molar-refractivity contribution is -0.132. The zero-order valence-electron chi connectivity index (χ0n) is 24.8. The maximum atomic E-state index is 13.8. The molecule has 6 rings (SSSR count). The second-order valence-electron chi connectivity index (χ2n) is 11.5. The summed E-state index contributed by atoms with van der Waals surface area (Å²) in [5, 5.41) is 12.1. The van der Waals surface area contributed by atoms with E-state index in [2.05, 4.69) is 13.8 Å². The Bertz CT molecular complexity index is 1770. The van der Waals surface area contributed by atoms with Crippen molar-refractivity contribution in [3.63, 3.8) is 0 Å². The van der Waals surface area contributed by atoms with Crippen molar-refractivity contribution >= 4 is 44.1 Å². The second-order valence-corrected chi connectivity index (χ2v) is 12.5. The van der Waals surface area contributed by atoms with Crippen molar-refractivity contribution in [3.8, 4) is 17.2 Å². The number of hydrogen-bond acceptors (Lipinski definition) is 8. The molecular weight excluding hydrogens is 564 g/mol. The molecule has 1 saturated heterocycles. The van der Waals surface area contributed by atoms with E-state index in [0.717, 1.165) is 33.5 Å². The first-order valence-electron chi connectivity index (χ1n) is 14.4. The highest BCUT2D eigenvalue weighted by Crippen LogP contribution is 2.46. The number of benzene rings is 3. The number of Topliss-reactive ketones (excluding diaryl/α,β-unsaturated/α-hetero) is 1. The number of carbonyl (C=O) groups excluding carboxylic acids is 2. The third-order valence-electron chi connectivity index (χ3n) is 7.81. The normalized spacial score (nSPS) is 19.3. The van der Waals surface area contributed by atoms with Gasteiger partial charge in [-0.2, -0.15) is 0 Å². The van der Waals surface area contributed by atoms with Gasteiger partial charge in [-0.25, -0.2) is 4.98 Å². The molecule has 9 heteroatoms. The number of methoxy groups -OCH3 is 1. The first kappa shape index (κ1) is 28.7. The van der Waals surface area contributed by atoms with Crippen molar-refractivity contribution < 1.29 is 28.9 Å². The topological polar surface area (TPSA) is 98.2 Å². The first-order valence-corrected chi connectivity index (χ1v) is 15.2. The number of ketones is 1. The molecular formula is C34H34N2O6S. The third kappa shape index (κ3) is 5.33. The van der Waals surface area contributed by atoms with Crippen LogP contribution in [0.25, 0.3) is 16.0 Å². The Morgan fingerprint density at radius 2 is 1.93 bits per heavy atom. The van der Waals surface area contributed by atoms with Gasteiger partial charge < -0.3 is 19.3 Å². The first-order chi connectivity index (χ1) is 20.6. The number of aromatic nitrogens is 1. The van der Waals surface area contributed by atoms with Gasteiger partial charge in [-0.15, -0.1) is 0 Å². The van der Waals surface area contributed by atoms with Gasteiger partial charge >= 0.3 is 5.91 Å². The third-order valence-corrected chi connectivity index (χ3v) is 8.83. The fourth-order valence-electron chi connectivity index (χ4n) is 5.57. The van der Waals surface area contributed by atoms with E-state index < -0.39 is 17.7 Å². The van der Waals surface area contributed by atoms with Crippen LogP contribution in [-0.2, 0) is 16.0 Å². The van der Waals surface area contributed by atoms with Crippen LogP contribution >= 0.6 is 11.3 Å². The minimum absolute atomic E-state index is 0.0112. The fraction of sp³-hybridized carbons (Fsp3) is 0.324. The van der Waals surface area contributed by atoms with E-state index in [-0.39, 0.29) is 17.4 Å². The van der Waals surface area contributed by atoms with E-state index in [1.165, 1.54) is 16.2 Å². The summed E-state index contributed by atoms with van der Waals surface area (Å²) in [6.45, 7) is 8.76. The van der Waals surface area contributed by atoms with Crippen molar-refractivity contribution in [1.82, 2.24) is 4.98 Å². The Balaban J connectivity index is 1.49. The van der Waals surface area contributed by atoms with Crippen LogP contribution in [0.3, 0.4) is 0 Å². The highest BCUT2D eigenvalue weighted by Gasteiger charge is 2.48. The van der Waals surface area contributed by atoms with Gasteiger partial charge in [-0.1, -0.05) is 37.3 Å². The van der Waals surface area contributed by atoms with E-state index in [1.807, 2.05) is 38.1 Å². The summed E-state index contributed by atoms with van der Waals surface area (Å²) < 4.78 is 18.4. The maximum Gasteiger partial charge on any atom is 0.301 e. The number of nitrogens with zero attached hydrogens (tertiary/aromatic N) is 2. The van der Waals surface area contributed by atoms with Gasteiger partial charge in [0.25, 0.3) is 5.78 Å². The number of rotatable bonds is 8. The Morgan fingerprint density at radius 1 is 1.12 bits per heavy atom. The molecule has 222 valence electrons. The zero-order valence-corrected chi connectivity index (χ0v) is 25.7. The molecule has 8 nitrogen and oxygen atoms in total. The second kappa shape index (κ2) is 11.4. The molecule has 1 aromatic heterocycles. The van der Waals surface area contributed by atoms with E-state index in [0.29, 0.717) is 46.7 Å². The zero-order chi connectivity index (χ0) is 30.4. The summed E-state index contributed by atoms with van der Waals surface area (Å²) in [4.78, 5) is 33.6. The number of amides is 1. The van der Waals surface area contributed by atoms with E-state index in [1.54, 1.807) is 37.4 Å². The van der Waals surface area contributed by atoms with Crippen molar-refractivity contribution in [2.24, 2.45) is 5.92 Å². The summed E-state index contributed by atoms with van der Waals surface area (Å²) in [5.74, 6) is 0.486. The molecule has 1 amide bonds. The standard InChI is InChI=1S/C34H34N2O6S/c1-18(2)12-13-41-26-11-7-21(17-27(26)40-5)30-29(31(37)22-8-10-25-23(16-22)15-20(4)42-25)32(38)33(39)36(30)34-35-24-9-6-19(3)14-28(24)43-34/h6-11,14,16-18,20,30,37H,12-13,15H2,1-5H3/b31-29+/t20-,30-/m1/s1. The molecule has 2 atom stereocenters. The van der Waals surface area contributed by atoms with Crippen LogP contribution in [0.1, 0.15) is 55.5 Å². The molecule has 0 radical (unpaired) electrons. The molecule has 0 unspecified atom stereocenters. The van der Waals surface area contributed by atoms with E-state index in [4.69, 9.17) is 19.2 Å². The summed E-state index contributed by atoms with van der Waals surface area (Å²) in [7, 11) is 1.55. The summed E-state index contributed by atoms with van der Waals surface area (Å²) >= 11 is 1.33. The van der Waals surface area contributed by atoms with Gasteiger partial charge in [-0.3, -0.25) is 14.5 Å². The largest absolute Gasteiger partial charge is 0.507 e. The monoisotopic (exact) mass is 598 g/mol. The lowest BCUT2D eigenvalue weighted by Crippen LogP contribution is -2.29. The van der Waals surface area contributed by atoms with Crippen LogP contribution in [0, 0.1) is 12.8 Å².